The van der Waals surface area contributed by atoms with Gasteiger partial charge in [0.2, 0.25) is 0 Å². The summed E-state index contributed by atoms with van der Waals surface area (Å²) < 4.78 is 11.1. The minimum Gasteiger partial charge on any atom is -0.381 e. The summed E-state index contributed by atoms with van der Waals surface area (Å²) in [6, 6.07) is 0. The second-order valence-corrected chi connectivity index (χ2v) is 7.35. The molecule has 0 atom stereocenters. The van der Waals surface area contributed by atoms with Gasteiger partial charge < -0.3 is 20.1 Å². The second kappa shape index (κ2) is 10.4. The van der Waals surface area contributed by atoms with Crippen LogP contribution >= 0.6 is 11.8 Å². The number of thioether (sulfide) groups is 1. The van der Waals surface area contributed by atoms with E-state index < -0.39 is 0 Å². The summed E-state index contributed by atoms with van der Waals surface area (Å²) in [6.07, 6.45) is 4.37. The quantitative estimate of drug-likeness (QED) is 0.526. The standard InChI is InChI=1S/C16H32N4O2S/c1-3-17-15(18-6-7-20-8-12-22-13-9-20)19-14-16(23-2)4-10-21-11-5-16/h3-14H2,1-2H3,(H2,17,18,19). The van der Waals surface area contributed by atoms with E-state index in [1.54, 1.807) is 0 Å². The van der Waals surface area contributed by atoms with Gasteiger partial charge in [0.25, 0.3) is 0 Å². The van der Waals surface area contributed by atoms with Crippen LogP contribution in [0.25, 0.3) is 0 Å². The van der Waals surface area contributed by atoms with E-state index in [0.717, 1.165) is 84.5 Å². The molecule has 0 unspecified atom stereocenters. The molecule has 0 amide bonds. The number of rotatable bonds is 7. The van der Waals surface area contributed by atoms with Crippen molar-refractivity contribution in [1.29, 1.82) is 0 Å². The molecule has 0 aromatic rings. The third-order valence-electron chi connectivity index (χ3n) is 4.53. The predicted octanol–water partition coefficient (Wildman–Crippen LogP) is 0.786. The Morgan fingerprint density at radius 2 is 1.83 bits per heavy atom. The van der Waals surface area contributed by atoms with Crippen LogP contribution in [0.3, 0.4) is 0 Å². The lowest BCUT2D eigenvalue weighted by Crippen LogP contribution is -2.45. The van der Waals surface area contributed by atoms with Crippen LogP contribution in [-0.2, 0) is 9.47 Å². The molecule has 0 radical (unpaired) electrons. The summed E-state index contributed by atoms with van der Waals surface area (Å²) in [5.41, 5.74) is 0. The number of guanidine groups is 1. The Morgan fingerprint density at radius 3 is 2.48 bits per heavy atom. The molecule has 7 heteroatoms. The van der Waals surface area contributed by atoms with Crippen molar-refractivity contribution in [2.24, 2.45) is 4.99 Å². The molecule has 2 fully saturated rings. The van der Waals surface area contributed by atoms with Gasteiger partial charge in [-0.15, -0.1) is 0 Å². The largest absolute Gasteiger partial charge is 0.381 e. The molecule has 0 aromatic carbocycles. The molecule has 0 saturated carbocycles. The van der Waals surface area contributed by atoms with Gasteiger partial charge in [-0.2, -0.15) is 11.8 Å². The molecule has 2 N–H and O–H groups in total. The first-order chi connectivity index (χ1) is 11.3. The molecule has 2 saturated heterocycles. The maximum atomic E-state index is 5.50. The van der Waals surface area contributed by atoms with Crippen molar-refractivity contribution >= 4 is 17.7 Å². The predicted molar refractivity (Wildman–Crippen MR) is 97.5 cm³/mol. The Kier molecular flexibility index (Phi) is 8.50. The Labute approximate surface area is 144 Å². The van der Waals surface area contributed by atoms with Gasteiger partial charge in [0.1, 0.15) is 0 Å². The number of aliphatic imine (C=N–C) groups is 1. The van der Waals surface area contributed by atoms with Crippen molar-refractivity contribution in [1.82, 2.24) is 15.5 Å². The number of hydrogen-bond donors (Lipinski definition) is 2. The van der Waals surface area contributed by atoms with Crippen LogP contribution in [0.4, 0.5) is 0 Å². The lowest BCUT2D eigenvalue weighted by Gasteiger charge is -2.34. The van der Waals surface area contributed by atoms with Gasteiger partial charge in [0, 0.05) is 50.7 Å². The maximum absolute atomic E-state index is 5.50. The number of ether oxygens (including phenoxy) is 2. The smallest absolute Gasteiger partial charge is 0.191 e. The molecule has 2 aliphatic heterocycles. The molecular formula is C16H32N4O2S. The molecule has 2 aliphatic rings. The minimum atomic E-state index is 0.241. The Morgan fingerprint density at radius 1 is 1.13 bits per heavy atom. The Bertz CT molecular complexity index is 356. The fraction of sp³-hybridized carbons (Fsp3) is 0.938. The highest BCUT2D eigenvalue weighted by Gasteiger charge is 2.31. The molecule has 134 valence electrons. The Hall–Kier alpha value is -0.500. The average Bonchev–Trinajstić information content (AvgIpc) is 2.61. The van der Waals surface area contributed by atoms with Crippen LogP contribution in [0.1, 0.15) is 19.8 Å². The number of hydrogen-bond acceptors (Lipinski definition) is 5. The summed E-state index contributed by atoms with van der Waals surface area (Å²) in [4.78, 5) is 7.27. The van der Waals surface area contributed by atoms with Gasteiger partial charge in [-0.3, -0.25) is 9.89 Å². The Balaban J connectivity index is 1.78. The molecule has 2 heterocycles. The van der Waals surface area contributed by atoms with Crippen molar-refractivity contribution < 1.29 is 9.47 Å². The minimum absolute atomic E-state index is 0.241. The maximum Gasteiger partial charge on any atom is 0.191 e. The van der Waals surface area contributed by atoms with E-state index >= 15 is 0 Å². The van der Waals surface area contributed by atoms with Crippen LogP contribution in [0.2, 0.25) is 0 Å². The van der Waals surface area contributed by atoms with Gasteiger partial charge in [-0.25, -0.2) is 0 Å². The first kappa shape index (κ1) is 18.8. The number of nitrogens with zero attached hydrogens (tertiary/aromatic N) is 2. The van der Waals surface area contributed by atoms with E-state index in [2.05, 4.69) is 28.7 Å². The first-order valence-electron chi connectivity index (χ1n) is 8.73. The van der Waals surface area contributed by atoms with Gasteiger partial charge >= 0.3 is 0 Å². The summed E-state index contributed by atoms with van der Waals surface area (Å²) in [6.45, 7) is 11.3. The van der Waals surface area contributed by atoms with Crippen molar-refractivity contribution in [2.75, 3.05) is 72.0 Å². The van der Waals surface area contributed by atoms with Crippen LogP contribution < -0.4 is 10.6 Å². The lowest BCUT2D eigenvalue weighted by atomic mass is 9.99. The highest BCUT2D eigenvalue weighted by Crippen LogP contribution is 2.33. The normalized spacial score (nSPS) is 22.8. The van der Waals surface area contributed by atoms with Crippen LogP contribution in [0.5, 0.6) is 0 Å². The van der Waals surface area contributed by atoms with E-state index in [-0.39, 0.29) is 4.75 Å². The number of nitrogens with one attached hydrogen (secondary N) is 2. The monoisotopic (exact) mass is 344 g/mol. The van der Waals surface area contributed by atoms with Gasteiger partial charge in [-0.05, 0) is 26.0 Å². The van der Waals surface area contributed by atoms with Crippen molar-refractivity contribution in [3.8, 4) is 0 Å². The zero-order valence-corrected chi connectivity index (χ0v) is 15.4. The zero-order valence-electron chi connectivity index (χ0n) is 14.6. The molecule has 0 spiro atoms. The van der Waals surface area contributed by atoms with E-state index in [4.69, 9.17) is 14.5 Å². The molecule has 6 nitrogen and oxygen atoms in total. The van der Waals surface area contributed by atoms with Crippen LogP contribution in [0.15, 0.2) is 4.99 Å². The van der Waals surface area contributed by atoms with Crippen molar-refractivity contribution in [2.45, 2.75) is 24.5 Å². The average molecular weight is 345 g/mol. The third-order valence-corrected chi connectivity index (χ3v) is 5.93. The van der Waals surface area contributed by atoms with E-state index in [0.29, 0.717) is 0 Å². The van der Waals surface area contributed by atoms with Gasteiger partial charge in [0.15, 0.2) is 5.96 Å². The summed E-state index contributed by atoms with van der Waals surface area (Å²) in [7, 11) is 0. The molecule has 0 bridgehead atoms. The SMILES string of the molecule is CCNC(=NCC1(SC)CCOCC1)NCCN1CCOCC1. The second-order valence-electron chi connectivity index (χ2n) is 6.08. The molecule has 0 aliphatic carbocycles. The molecule has 23 heavy (non-hydrogen) atoms. The third kappa shape index (κ3) is 6.49. The molecule has 2 rings (SSSR count). The van der Waals surface area contributed by atoms with Gasteiger partial charge in [0.05, 0.1) is 19.8 Å². The highest BCUT2D eigenvalue weighted by molar-refractivity contribution is 8.00. The fourth-order valence-electron chi connectivity index (χ4n) is 2.89. The van der Waals surface area contributed by atoms with E-state index in [1.165, 1.54) is 0 Å². The van der Waals surface area contributed by atoms with Crippen LogP contribution in [-0.4, -0.2) is 87.6 Å². The molecular weight excluding hydrogens is 312 g/mol. The van der Waals surface area contributed by atoms with E-state index in [9.17, 15) is 0 Å². The van der Waals surface area contributed by atoms with E-state index in [1.807, 2.05) is 11.8 Å². The summed E-state index contributed by atoms with van der Waals surface area (Å²) in [5.74, 6) is 0.931. The molecule has 0 aromatic heterocycles. The number of morpholine rings is 1. The fourth-order valence-corrected chi connectivity index (χ4v) is 3.66. The van der Waals surface area contributed by atoms with Gasteiger partial charge in [-0.1, -0.05) is 0 Å². The van der Waals surface area contributed by atoms with Crippen molar-refractivity contribution in [3.05, 3.63) is 0 Å². The first-order valence-corrected chi connectivity index (χ1v) is 9.96. The lowest BCUT2D eigenvalue weighted by molar-refractivity contribution is 0.0389. The summed E-state index contributed by atoms with van der Waals surface area (Å²) >= 11 is 1.94. The topological polar surface area (TPSA) is 58.1 Å². The van der Waals surface area contributed by atoms with Crippen molar-refractivity contribution in [3.63, 3.8) is 0 Å². The highest BCUT2D eigenvalue weighted by atomic mass is 32.2. The summed E-state index contributed by atoms with van der Waals surface area (Å²) in [5, 5.41) is 6.82. The van der Waals surface area contributed by atoms with Crippen LogP contribution in [0, 0.1) is 0 Å². The zero-order chi connectivity index (χ0) is 16.4.